The summed E-state index contributed by atoms with van der Waals surface area (Å²) >= 11 is 6.28. The van der Waals surface area contributed by atoms with E-state index < -0.39 is 11.2 Å². The first-order valence-corrected chi connectivity index (χ1v) is 10.1. The molecule has 0 aliphatic heterocycles. The Hall–Kier alpha value is -3.64. The number of carbonyl (C=O) groups is 1. The minimum absolute atomic E-state index is 0.253. The first-order chi connectivity index (χ1) is 14.8. The molecule has 4 rings (SSSR count). The molecule has 1 N–H and O–H groups in total. The Morgan fingerprint density at radius 2 is 1.68 bits per heavy atom. The van der Waals surface area contributed by atoms with Crippen molar-refractivity contribution in [2.75, 3.05) is 5.32 Å². The second kappa shape index (κ2) is 8.24. The molecule has 3 aromatic carbocycles. The largest absolute Gasteiger partial charge is 0.336 e. The van der Waals surface area contributed by atoms with Crippen LogP contribution >= 0.6 is 11.6 Å². The predicted octanol–water partition coefficient (Wildman–Crippen LogP) is 4.06. The molecular formula is C24H20ClN3O3. The van der Waals surface area contributed by atoms with Crippen molar-refractivity contribution in [3.05, 3.63) is 104 Å². The molecule has 0 fully saturated rings. The average Bonchev–Trinajstić information content (AvgIpc) is 2.73. The maximum absolute atomic E-state index is 13.4. The monoisotopic (exact) mass is 433 g/mol. The molecular weight excluding hydrogens is 414 g/mol. The SMILES string of the molecule is Cc1cccc(NC(=O)Cn2c(=O)n(-c3ccccc3Cl)c(=O)c3cc(C)ccc32)c1. The smallest absolute Gasteiger partial charge is 0.325 e. The Morgan fingerprint density at radius 1 is 0.935 bits per heavy atom. The van der Waals surface area contributed by atoms with Crippen molar-refractivity contribution in [3.8, 4) is 5.69 Å². The van der Waals surface area contributed by atoms with Gasteiger partial charge in [-0.15, -0.1) is 0 Å². The first-order valence-electron chi connectivity index (χ1n) is 9.73. The van der Waals surface area contributed by atoms with E-state index in [2.05, 4.69) is 5.32 Å². The Morgan fingerprint density at radius 3 is 2.42 bits per heavy atom. The van der Waals surface area contributed by atoms with E-state index >= 15 is 0 Å². The number of halogens is 1. The molecule has 31 heavy (non-hydrogen) atoms. The number of fused-ring (bicyclic) bond motifs is 1. The minimum atomic E-state index is -0.631. The molecule has 1 aromatic heterocycles. The van der Waals surface area contributed by atoms with Gasteiger partial charge in [0.2, 0.25) is 5.91 Å². The molecule has 0 saturated carbocycles. The lowest BCUT2D eigenvalue weighted by Crippen LogP contribution is -2.41. The lowest BCUT2D eigenvalue weighted by atomic mass is 10.1. The number of anilines is 1. The molecule has 6 nitrogen and oxygen atoms in total. The van der Waals surface area contributed by atoms with E-state index in [0.717, 1.165) is 15.7 Å². The number of para-hydroxylation sites is 1. The molecule has 1 heterocycles. The normalized spacial score (nSPS) is 10.9. The fraction of sp³-hybridized carbons (Fsp3) is 0.125. The second-order valence-electron chi connectivity index (χ2n) is 7.40. The quantitative estimate of drug-likeness (QED) is 0.527. The summed E-state index contributed by atoms with van der Waals surface area (Å²) in [7, 11) is 0. The van der Waals surface area contributed by atoms with E-state index in [1.165, 1.54) is 4.57 Å². The van der Waals surface area contributed by atoms with Gasteiger partial charge in [-0.05, 0) is 55.8 Å². The number of rotatable bonds is 4. The molecule has 0 spiro atoms. The highest BCUT2D eigenvalue weighted by Gasteiger charge is 2.18. The van der Waals surface area contributed by atoms with Gasteiger partial charge in [0.25, 0.3) is 5.56 Å². The lowest BCUT2D eigenvalue weighted by molar-refractivity contribution is -0.116. The Kier molecular flexibility index (Phi) is 5.48. The van der Waals surface area contributed by atoms with Crippen LogP contribution in [0.3, 0.4) is 0 Å². The molecule has 0 bridgehead atoms. The maximum Gasteiger partial charge on any atom is 0.336 e. The molecule has 0 unspecified atom stereocenters. The summed E-state index contributed by atoms with van der Waals surface area (Å²) in [6.45, 7) is 3.53. The summed E-state index contributed by atoms with van der Waals surface area (Å²) in [4.78, 5) is 39.4. The van der Waals surface area contributed by atoms with E-state index in [1.54, 1.807) is 48.5 Å². The van der Waals surface area contributed by atoms with Crippen molar-refractivity contribution < 1.29 is 4.79 Å². The number of benzene rings is 3. The number of carbonyl (C=O) groups excluding carboxylic acids is 1. The number of aryl methyl sites for hydroxylation is 2. The average molecular weight is 434 g/mol. The Balaban J connectivity index is 1.88. The number of amides is 1. The molecule has 1 amide bonds. The van der Waals surface area contributed by atoms with Crippen LogP contribution in [0, 0.1) is 13.8 Å². The fourth-order valence-corrected chi connectivity index (χ4v) is 3.77. The molecule has 0 saturated heterocycles. The minimum Gasteiger partial charge on any atom is -0.325 e. The van der Waals surface area contributed by atoms with Crippen LogP contribution in [-0.2, 0) is 11.3 Å². The Bertz CT molecular complexity index is 1440. The molecule has 0 aliphatic carbocycles. The van der Waals surface area contributed by atoms with Gasteiger partial charge in [0.1, 0.15) is 6.54 Å². The van der Waals surface area contributed by atoms with Crippen LogP contribution in [-0.4, -0.2) is 15.0 Å². The maximum atomic E-state index is 13.4. The van der Waals surface area contributed by atoms with Gasteiger partial charge in [0, 0.05) is 5.69 Å². The topological polar surface area (TPSA) is 73.1 Å². The molecule has 7 heteroatoms. The number of hydrogen-bond donors (Lipinski definition) is 1. The van der Waals surface area contributed by atoms with Gasteiger partial charge in [0.05, 0.1) is 21.6 Å². The van der Waals surface area contributed by atoms with Gasteiger partial charge in [-0.2, -0.15) is 0 Å². The summed E-state index contributed by atoms with van der Waals surface area (Å²) < 4.78 is 2.31. The number of nitrogens with one attached hydrogen (secondary N) is 1. The van der Waals surface area contributed by atoms with Crippen LogP contribution in [0.15, 0.2) is 76.3 Å². The van der Waals surface area contributed by atoms with E-state index in [9.17, 15) is 14.4 Å². The zero-order valence-electron chi connectivity index (χ0n) is 17.1. The van der Waals surface area contributed by atoms with Crippen LogP contribution in [0.25, 0.3) is 16.6 Å². The van der Waals surface area contributed by atoms with Crippen LogP contribution in [0.1, 0.15) is 11.1 Å². The number of nitrogens with zero attached hydrogens (tertiary/aromatic N) is 2. The van der Waals surface area contributed by atoms with Crippen LogP contribution < -0.4 is 16.6 Å². The highest BCUT2D eigenvalue weighted by atomic mass is 35.5. The lowest BCUT2D eigenvalue weighted by Gasteiger charge is -2.15. The van der Waals surface area contributed by atoms with Crippen LogP contribution in [0.2, 0.25) is 5.02 Å². The van der Waals surface area contributed by atoms with Gasteiger partial charge in [-0.25, -0.2) is 9.36 Å². The highest BCUT2D eigenvalue weighted by Crippen LogP contribution is 2.19. The van der Waals surface area contributed by atoms with Gasteiger partial charge in [-0.1, -0.05) is 47.5 Å². The van der Waals surface area contributed by atoms with Gasteiger partial charge >= 0.3 is 5.69 Å². The van der Waals surface area contributed by atoms with Crippen molar-refractivity contribution in [1.29, 1.82) is 0 Å². The summed E-state index contributed by atoms with van der Waals surface area (Å²) in [5.41, 5.74) is 2.06. The molecule has 0 atom stereocenters. The predicted molar refractivity (Wildman–Crippen MR) is 123 cm³/mol. The third-order valence-corrected chi connectivity index (χ3v) is 5.32. The van der Waals surface area contributed by atoms with Crippen molar-refractivity contribution >= 4 is 34.1 Å². The first kappa shape index (κ1) is 20.6. The number of hydrogen-bond acceptors (Lipinski definition) is 3. The van der Waals surface area contributed by atoms with Crippen molar-refractivity contribution in [2.45, 2.75) is 20.4 Å². The highest BCUT2D eigenvalue weighted by molar-refractivity contribution is 6.32. The van der Waals surface area contributed by atoms with Crippen molar-refractivity contribution in [1.82, 2.24) is 9.13 Å². The van der Waals surface area contributed by atoms with Crippen LogP contribution in [0.5, 0.6) is 0 Å². The Labute approximate surface area is 183 Å². The number of aromatic nitrogens is 2. The second-order valence-corrected chi connectivity index (χ2v) is 7.81. The van der Waals surface area contributed by atoms with E-state index in [1.807, 2.05) is 32.0 Å². The third-order valence-electron chi connectivity index (χ3n) is 5.00. The zero-order valence-corrected chi connectivity index (χ0v) is 17.8. The van der Waals surface area contributed by atoms with Crippen molar-refractivity contribution in [3.63, 3.8) is 0 Å². The summed E-state index contributed by atoms with van der Waals surface area (Å²) in [6.07, 6.45) is 0. The van der Waals surface area contributed by atoms with E-state index in [0.29, 0.717) is 16.6 Å². The zero-order chi connectivity index (χ0) is 22.1. The summed E-state index contributed by atoms with van der Waals surface area (Å²) in [5.74, 6) is -0.376. The summed E-state index contributed by atoms with van der Waals surface area (Å²) in [5, 5.41) is 3.41. The van der Waals surface area contributed by atoms with E-state index in [4.69, 9.17) is 11.6 Å². The van der Waals surface area contributed by atoms with Gasteiger partial charge in [0.15, 0.2) is 0 Å². The van der Waals surface area contributed by atoms with Gasteiger partial charge < -0.3 is 5.32 Å². The third kappa shape index (κ3) is 4.02. The molecule has 0 aliphatic rings. The van der Waals surface area contributed by atoms with Gasteiger partial charge in [-0.3, -0.25) is 14.2 Å². The van der Waals surface area contributed by atoms with E-state index in [-0.39, 0.29) is 23.2 Å². The van der Waals surface area contributed by atoms with Crippen LogP contribution in [0.4, 0.5) is 5.69 Å². The standard InChI is InChI=1S/C24H20ClN3O3/c1-15-6-5-7-17(12-15)26-22(29)14-27-20-11-10-16(2)13-18(20)23(30)28(24(27)31)21-9-4-3-8-19(21)25/h3-13H,14H2,1-2H3,(H,26,29). The van der Waals surface area contributed by atoms with Crippen molar-refractivity contribution in [2.24, 2.45) is 0 Å². The molecule has 156 valence electrons. The fourth-order valence-electron chi connectivity index (χ4n) is 3.55. The summed E-state index contributed by atoms with van der Waals surface area (Å²) in [6, 6.07) is 19.2. The molecule has 0 radical (unpaired) electrons. The molecule has 4 aromatic rings.